The van der Waals surface area contributed by atoms with Crippen LogP contribution < -0.4 is 9.47 Å². The summed E-state index contributed by atoms with van der Waals surface area (Å²) in [5.41, 5.74) is 0.680. The van der Waals surface area contributed by atoms with Gasteiger partial charge in [-0.3, -0.25) is 4.79 Å². The van der Waals surface area contributed by atoms with Crippen LogP contribution in [-0.2, 0) is 0 Å². The number of rotatable bonds is 9. The van der Waals surface area contributed by atoms with Gasteiger partial charge in [-0.2, -0.15) is 0 Å². The van der Waals surface area contributed by atoms with Crippen LogP contribution in [0.5, 0.6) is 11.5 Å². The standard InChI is InChI=1S/C15H22O3S2/c1-5-7-19-14-11(10-16)9-12(17-3)13(18-4)15(14)20-8-6-2/h9-10H,5-8H2,1-4H3. The first-order chi connectivity index (χ1) is 9.73. The second-order valence-corrected chi connectivity index (χ2v) is 6.38. The van der Waals surface area contributed by atoms with Gasteiger partial charge < -0.3 is 9.47 Å². The number of aldehydes is 1. The van der Waals surface area contributed by atoms with Crippen molar-refractivity contribution in [3.8, 4) is 11.5 Å². The molecule has 5 heteroatoms. The van der Waals surface area contributed by atoms with Crippen molar-refractivity contribution in [3.05, 3.63) is 11.6 Å². The maximum Gasteiger partial charge on any atom is 0.175 e. The fraction of sp³-hybridized carbons (Fsp3) is 0.533. The molecule has 1 rings (SSSR count). The smallest absolute Gasteiger partial charge is 0.175 e. The van der Waals surface area contributed by atoms with Gasteiger partial charge in [0.2, 0.25) is 0 Å². The highest BCUT2D eigenvalue weighted by Gasteiger charge is 2.20. The molecule has 0 saturated heterocycles. The van der Waals surface area contributed by atoms with Crippen molar-refractivity contribution >= 4 is 29.8 Å². The van der Waals surface area contributed by atoms with Crippen molar-refractivity contribution in [1.82, 2.24) is 0 Å². The van der Waals surface area contributed by atoms with Crippen molar-refractivity contribution in [2.45, 2.75) is 36.5 Å². The zero-order valence-electron chi connectivity index (χ0n) is 12.5. The van der Waals surface area contributed by atoms with Crippen LogP contribution in [0.4, 0.5) is 0 Å². The zero-order valence-corrected chi connectivity index (χ0v) is 14.2. The van der Waals surface area contributed by atoms with Gasteiger partial charge in [-0.05, 0) is 30.4 Å². The number of thioether (sulfide) groups is 2. The molecule has 0 saturated carbocycles. The maximum absolute atomic E-state index is 11.4. The van der Waals surface area contributed by atoms with Gasteiger partial charge in [0.15, 0.2) is 17.8 Å². The molecule has 0 N–H and O–H groups in total. The summed E-state index contributed by atoms with van der Waals surface area (Å²) in [5.74, 6) is 3.32. The summed E-state index contributed by atoms with van der Waals surface area (Å²) in [7, 11) is 3.24. The molecule has 0 aliphatic carbocycles. The van der Waals surface area contributed by atoms with Gasteiger partial charge in [-0.25, -0.2) is 0 Å². The van der Waals surface area contributed by atoms with E-state index >= 15 is 0 Å². The van der Waals surface area contributed by atoms with Crippen LogP contribution in [0.1, 0.15) is 37.0 Å². The van der Waals surface area contributed by atoms with Crippen LogP contribution in [-0.4, -0.2) is 32.0 Å². The van der Waals surface area contributed by atoms with Crippen molar-refractivity contribution in [2.24, 2.45) is 0 Å². The summed E-state index contributed by atoms with van der Waals surface area (Å²) in [6.45, 7) is 4.27. The number of carbonyl (C=O) groups is 1. The molecule has 0 spiro atoms. The minimum atomic E-state index is 0.619. The third-order valence-corrected chi connectivity index (χ3v) is 5.40. The Bertz CT molecular complexity index is 447. The number of ether oxygens (including phenoxy) is 2. The molecule has 20 heavy (non-hydrogen) atoms. The summed E-state index contributed by atoms with van der Waals surface area (Å²) in [5, 5.41) is 0. The Morgan fingerprint density at radius 3 is 2.10 bits per heavy atom. The lowest BCUT2D eigenvalue weighted by molar-refractivity contribution is 0.112. The van der Waals surface area contributed by atoms with Gasteiger partial charge in [0.1, 0.15) is 0 Å². The van der Waals surface area contributed by atoms with Crippen LogP contribution in [0.15, 0.2) is 15.9 Å². The average Bonchev–Trinajstić information content (AvgIpc) is 2.49. The topological polar surface area (TPSA) is 35.5 Å². The Balaban J connectivity index is 3.36. The van der Waals surface area contributed by atoms with Gasteiger partial charge in [-0.1, -0.05) is 13.8 Å². The highest BCUT2D eigenvalue weighted by atomic mass is 32.2. The van der Waals surface area contributed by atoms with E-state index in [9.17, 15) is 4.79 Å². The lowest BCUT2D eigenvalue weighted by atomic mass is 10.2. The molecule has 0 heterocycles. The van der Waals surface area contributed by atoms with E-state index in [1.165, 1.54) is 0 Å². The molecular formula is C15H22O3S2. The zero-order chi connectivity index (χ0) is 15.0. The third kappa shape index (κ3) is 4.09. The summed E-state index contributed by atoms with van der Waals surface area (Å²) in [6, 6.07) is 1.76. The molecule has 0 aliphatic rings. The third-order valence-electron chi connectivity index (χ3n) is 2.64. The molecule has 3 nitrogen and oxygen atoms in total. The Morgan fingerprint density at radius 2 is 1.65 bits per heavy atom. The summed E-state index contributed by atoms with van der Waals surface area (Å²) in [4.78, 5) is 13.4. The lowest BCUT2D eigenvalue weighted by Crippen LogP contribution is -1.99. The lowest BCUT2D eigenvalue weighted by Gasteiger charge is -2.18. The molecule has 0 atom stereocenters. The van der Waals surface area contributed by atoms with Crippen LogP contribution in [0.3, 0.4) is 0 Å². The first kappa shape index (κ1) is 17.2. The first-order valence-corrected chi connectivity index (χ1v) is 8.70. The molecule has 0 amide bonds. The molecule has 0 bridgehead atoms. The first-order valence-electron chi connectivity index (χ1n) is 6.73. The highest BCUT2D eigenvalue weighted by molar-refractivity contribution is 8.02. The molecule has 1 aromatic rings. The summed E-state index contributed by atoms with van der Waals surface area (Å²) in [6.07, 6.45) is 3.03. The van der Waals surface area contributed by atoms with E-state index < -0.39 is 0 Å². The van der Waals surface area contributed by atoms with Crippen LogP contribution in [0.2, 0.25) is 0 Å². The summed E-state index contributed by atoms with van der Waals surface area (Å²) >= 11 is 3.43. The Labute approximate surface area is 129 Å². The van der Waals surface area contributed by atoms with E-state index in [0.29, 0.717) is 11.3 Å². The maximum atomic E-state index is 11.4. The van der Waals surface area contributed by atoms with E-state index in [1.807, 2.05) is 0 Å². The quantitative estimate of drug-likeness (QED) is 0.494. The second-order valence-electron chi connectivity index (χ2n) is 4.17. The van der Waals surface area contributed by atoms with Crippen LogP contribution in [0, 0.1) is 0 Å². The molecule has 112 valence electrons. The Kier molecular flexibility index (Phi) is 7.92. The summed E-state index contributed by atoms with van der Waals surface area (Å²) < 4.78 is 10.9. The number of carbonyl (C=O) groups excluding carboxylic acids is 1. The minimum Gasteiger partial charge on any atom is -0.493 e. The van der Waals surface area contributed by atoms with Crippen molar-refractivity contribution < 1.29 is 14.3 Å². The Hall–Kier alpha value is -0.810. The second kappa shape index (κ2) is 9.19. The van der Waals surface area contributed by atoms with Gasteiger partial charge in [0.05, 0.1) is 19.1 Å². The fourth-order valence-electron chi connectivity index (χ4n) is 1.74. The van der Waals surface area contributed by atoms with E-state index in [-0.39, 0.29) is 0 Å². The molecule has 1 aromatic carbocycles. The highest BCUT2D eigenvalue weighted by Crippen LogP contribution is 2.46. The van der Waals surface area contributed by atoms with E-state index in [4.69, 9.17) is 9.47 Å². The number of hydrogen-bond acceptors (Lipinski definition) is 5. The van der Waals surface area contributed by atoms with E-state index in [2.05, 4.69) is 13.8 Å². The van der Waals surface area contributed by atoms with Gasteiger partial charge >= 0.3 is 0 Å². The van der Waals surface area contributed by atoms with Crippen molar-refractivity contribution in [3.63, 3.8) is 0 Å². The number of benzene rings is 1. The fourth-order valence-corrected chi connectivity index (χ4v) is 3.97. The largest absolute Gasteiger partial charge is 0.493 e. The van der Waals surface area contributed by atoms with Crippen molar-refractivity contribution in [2.75, 3.05) is 25.7 Å². The van der Waals surface area contributed by atoms with Crippen LogP contribution >= 0.6 is 23.5 Å². The van der Waals surface area contributed by atoms with E-state index in [0.717, 1.165) is 46.2 Å². The monoisotopic (exact) mass is 314 g/mol. The predicted octanol–water partition coefficient (Wildman–Crippen LogP) is 4.52. The molecule has 0 unspecified atom stereocenters. The molecular weight excluding hydrogens is 292 g/mol. The SMILES string of the molecule is CCCSc1c(C=O)cc(OC)c(OC)c1SCCC. The minimum absolute atomic E-state index is 0.619. The molecule has 0 aliphatic heterocycles. The molecule has 0 fully saturated rings. The van der Waals surface area contributed by atoms with Crippen LogP contribution in [0.25, 0.3) is 0 Å². The van der Waals surface area contributed by atoms with Gasteiger partial charge in [0, 0.05) is 10.5 Å². The number of methoxy groups -OCH3 is 2. The van der Waals surface area contributed by atoms with E-state index in [1.54, 1.807) is 43.8 Å². The van der Waals surface area contributed by atoms with Gasteiger partial charge in [0.25, 0.3) is 0 Å². The van der Waals surface area contributed by atoms with Crippen molar-refractivity contribution in [1.29, 1.82) is 0 Å². The normalized spacial score (nSPS) is 10.4. The molecule has 0 radical (unpaired) electrons. The molecule has 0 aromatic heterocycles. The Morgan fingerprint density at radius 1 is 1.05 bits per heavy atom. The number of hydrogen-bond donors (Lipinski definition) is 0. The van der Waals surface area contributed by atoms with Gasteiger partial charge in [-0.15, -0.1) is 23.5 Å². The average molecular weight is 314 g/mol. The predicted molar refractivity (Wildman–Crippen MR) is 87.0 cm³/mol.